The summed E-state index contributed by atoms with van der Waals surface area (Å²) < 4.78 is 0. The summed E-state index contributed by atoms with van der Waals surface area (Å²) in [4.78, 5) is 34.5. The molecule has 0 aliphatic heterocycles. The summed E-state index contributed by atoms with van der Waals surface area (Å²) in [7, 11) is 0. The van der Waals surface area contributed by atoms with Crippen LogP contribution in [-0.2, 0) is 4.79 Å². The summed E-state index contributed by atoms with van der Waals surface area (Å²) >= 11 is 0. The molecule has 1 saturated carbocycles. The van der Waals surface area contributed by atoms with Gasteiger partial charge >= 0.3 is 0 Å². The van der Waals surface area contributed by atoms with Crippen molar-refractivity contribution < 1.29 is 14.6 Å². The Morgan fingerprint density at radius 2 is 1.21 bits per heavy atom. The van der Waals surface area contributed by atoms with E-state index in [4.69, 9.17) is 0 Å². The minimum absolute atomic E-state index is 0.0646. The highest BCUT2D eigenvalue weighted by molar-refractivity contribution is 6.14. The average molecular weight is 378 g/mol. The molecule has 142 valence electrons. The molecule has 2 aromatic carbocycles. The van der Waals surface area contributed by atoms with Crippen LogP contribution in [0.4, 0.5) is 11.4 Å². The molecule has 0 spiro atoms. The number of para-hydroxylation sites is 2. The van der Waals surface area contributed by atoms with Crippen LogP contribution in [0, 0.1) is 26.1 Å². The number of allylic oxidation sites excluding steroid dienone is 2. The van der Waals surface area contributed by atoms with Crippen molar-refractivity contribution in [3.63, 3.8) is 0 Å². The van der Waals surface area contributed by atoms with Crippen LogP contribution in [0.1, 0.15) is 30.9 Å². The van der Waals surface area contributed by atoms with Crippen molar-refractivity contribution in [3.05, 3.63) is 91.0 Å². The molecule has 0 N–H and O–H groups in total. The first kappa shape index (κ1) is 19.2. The maximum atomic E-state index is 13.0. The Kier molecular flexibility index (Phi) is 5.44. The van der Waals surface area contributed by atoms with Gasteiger partial charge in [-0.05, 0) is 43.0 Å². The maximum Gasteiger partial charge on any atom is 0.276 e. The molecule has 0 unspecified atom stereocenters. The Balaban J connectivity index is 2.03. The molecule has 7 nitrogen and oxygen atoms in total. The summed E-state index contributed by atoms with van der Waals surface area (Å²) in [6, 6.07) is 12.5. The fourth-order valence-corrected chi connectivity index (χ4v) is 3.39. The summed E-state index contributed by atoms with van der Waals surface area (Å²) in [5.41, 5.74) is 1.55. The second kappa shape index (κ2) is 7.96. The zero-order valence-electron chi connectivity index (χ0n) is 15.2. The van der Waals surface area contributed by atoms with E-state index in [9.17, 15) is 25.0 Å². The van der Waals surface area contributed by atoms with Gasteiger partial charge in [-0.2, -0.15) is 0 Å². The van der Waals surface area contributed by atoms with E-state index in [-0.39, 0.29) is 23.1 Å². The topological polar surface area (TPSA) is 103 Å². The Bertz CT molecular complexity index is 943. The van der Waals surface area contributed by atoms with E-state index < -0.39 is 9.85 Å². The quantitative estimate of drug-likeness (QED) is 0.424. The molecule has 1 fully saturated rings. The van der Waals surface area contributed by atoms with Gasteiger partial charge < -0.3 is 0 Å². The van der Waals surface area contributed by atoms with Crippen molar-refractivity contribution in [1.82, 2.24) is 0 Å². The molecule has 0 heterocycles. The maximum absolute atomic E-state index is 13.0. The highest BCUT2D eigenvalue weighted by atomic mass is 16.6. The third-order valence-electron chi connectivity index (χ3n) is 4.65. The van der Waals surface area contributed by atoms with Crippen LogP contribution in [0.15, 0.2) is 59.7 Å². The van der Waals surface area contributed by atoms with Gasteiger partial charge in [-0.25, -0.2) is 0 Å². The third kappa shape index (κ3) is 4.03. The molecule has 0 amide bonds. The van der Waals surface area contributed by atoms with E-state index >= 15 is 0 Å². The normalized spacial score (nSPS) is 19.8. The number of ketones is 1. The first-order valence-electron chi connectivity index (χ1n) is 8.79. The molecular formula is C21H18N2O5. The first-order valence-corrected chi connectivity index (χ1v) is 8.79. The number of rotatable bonds is 4. The van der Waals surface area contributed by atoms with E-state index in [0.29, 0.717) is 35.1 Å². The number of carbonyl (C=O) groups excluding carboxylic acids is 1. The van der Waals surface area contributed by atoms with Gasteiger partial charge in [0.15, 0.2) is 5.78 Å². The van der Waals surface area contributed by atoms with Crippen molar-refractivity contribution in [1.29, 1.82) is 0 Å². The largest absolute Gasteiger partial charge is 0.289 e. The van der Waals surface area contributed by atoms with Crippen LogP contribution in [0.2, 0.25) is 0 Å². The predicted molar refractivity (Wildman–Crippen MR) is 106 cm³/mol. The van der Waals surface area contributed by atoms with Crippen LogP contribution in [0.25, 0.3) is 12.2 Å². The summed E-state index contributed by atoms with van der Waals surface area (Å²) in [5.74, 6) is -0.0878. The summed E-state index contributed by atoms with van der Waals surface area (Å²) in [5, 5.41) is 22.5. The molecule has 0 saturated heterocycles. The van der Waals surface area contributed by atoms with Gasteiger partial charge in [-0.1, -0.05) is 31.2 Å². The van der Waals surface area contributed by atoms with Gasteiger partial charge in [0.2, 0.25) is 0 Å². The van der Waals surface area contributed by atoms with E-state index in [1.54, 1.807) is 48.6 Å². The lowest BCUT2D eigenvalue weighted by molar-refractivity contribution is -0.385. The average Bonchev–Trinajstić information content (AvgIpc) is 2.66. The van der Waals surface area contributed by atoms with E-state index in [2.05, 4.69) is 0 Å². The zero-order valence-corrected chi connectivity index (χ0v) is 15.2. The minimum Gasteiger partial charge on any atom is -0.289 e. The van der Waals surface area contributed by atoms with Crippen LogP contribution < -0.4 is 0 Å². The number of nitrogens with zero attached hydrogens (tertiary/aromatic N) is 2. The Hall–Kier alpha value is -3.61. The molecule has 7 heteroatoms. The molecule has 0 aromatic heterocycles. The second-order valence-electron chi connectivity index (χ2n) is 6.81. The lowest BCUT2D eigenvalue weighted by atomic mass is 9.80. The Morgan fingerprint density at radius 1 is 0.821 bits per heavy atom. The van der Waals surface area contributed by atoms with Crippen LogP contribution >= 0.6 is 0 Å². The number of benzene rings is 2. The van der Waals surface area contributed by atoms with Crippen LogP contribution in [0.3, 0.4) is 0 Å². The number of carbonyl (C=O) groups is 1. The van der Waals surface area contributed by atoms with Gasteiger partial charge in [0.1, 0.15) is 0 Å². The Morgan fingerprint density at radius 3 is 1.61 bits per heavy atom. The highest BCUT2D eigenvalue weighted by Gasteiger charge is 2.27. The van der Waals surface area contributed by atoms with E-state index in [1.807, 2.05) is 6.92 Å². The fourth-order valence-electron chi connectivity index (χ4n) is 3.39. The van der Waals surface area contributed by atoms with E-state index in [0.717, 1.165) is 0 Å². The van der Waals surface area contributed by atoms with Crippen molar-refractivity contribution >= 4 is 29.3 Å². The van der Waals surface area contributed by atoms with Crippen LogP contribution in [0.5, 0.6) is 0 Å². The monoisotopic (exact) mass is 378 g/mol. The summed E-state index contributed by atoms with van der Waals surface area (Å²) in [6.45, 7) is 1.98. The molecule has 2 aromatic rings. The van der Waals surface area contributed by atoms with Crippen molar-refractivity contribution in [2.75, 3.05) is 0 Å². The molecule has 28 heavy (non-hydrogen) atoms. The summed E-state index contributed by atoms with van der Waals surface area (Å²) in [6.07, 6.45) is 4.12. The minimum atomic E-state index is -0.479. The standard InChI is InChI=1S/C21H18N2O5/c1-14-10-17(12-15-6-2-4-8-19(15)22(25)26)21(24)18(11-14)13-16-7-3-5-9-20(16)23(27)28/h2-9,12-14H,10-11H2,1H3. The van der Waals surface area contributed by atoms with Gasteiger partial charge in [-0.15, -0.1) is 0 Å². The molecule has 1 aliphatic carbocycles. The lowest BCUT2D eigenvalue weighted by Gasteiger charge is -2.22. The van der Waals surface area contributed by atoms with Gasteiger partial charge in [-0.3, -0.25) is 25.0 Å². The number of Topliss-reactive ketones (excluding diaryl/α,β-unsaturated/α-hetero) is 1. The fraction of sp³-hybridized carbons (Fsp3) is 0.190. The molecule has 3 rings (SSSR count). The highest BCUT2D eigenvalue weighted by Crippen LogP contribution is 2.34. The molecule has 0 bridgehead atoms. The Labute approximate surface area is 161 Å². The first-order chi connectivity index (χ1) is 13.4. The molecule has 1 aliphatic rings. The number of hydrogen-bond acceptors (Lipinski definition) is 5. The van der Waals surface area contributed by atoms with Crippen LogP contribution in [-0.4, -0.2) is 15.6 Å². The van der Waals surface area contributed by atoms with Crippen molar-refractivity contribution in [2.24, 2.45) is 5.92 Å². The molecule has 0 atom stereocenters. The number of hydrogen-bond donors (Lipinski definition) is 0. The van der Waals surface area contributed by atoms with Gasteiger partial charge in [0, 0.05) is 23.3 Å². The predicted octanol–water partition coefficient (Wildman–Crippen LogP) is 4.97. The van der Waals surface area contributed by atoms with E-state index in [1.165, 1.54) is 12.1 Å². The lowest BCUT2D eigenvalue weighted by Crippen LogP contribution is -2.18. The SMILES string of the molecule is CC1CC(=Cc2ccccc2[N+](=O)[O-])C(=O)C(=Cc2ccccc2[N+](=O)[O-])C1. The van der Waals surface area contributed by atoms with Crippen molar-refractivity contribution in [2.45, 2.75) is 19.8 Å². The molecular weight excluding hydrogens is 360 g/mol. The second-order valence-corrected chi connectivity index (χ2v) is 6.81. The molecule has 0 radical (unpaired) electrons. The van der Waals surface area contributed by atoms with Crippen molar-refractivity contribution in [3.8, 4) is 0 Å². The van der Waals surface area contributed by atoms with Gasteiger partial charge in [0.05, 0.1) is 21.0 Å². The van der Waals surface area contributed by atoms with Gasteiger partial charge in [0.25, 0.3) is 11.4 Å². The number of nitro benzene ring substituents is 2. The number of nitro groups is 2. The zero-order chi connectivity index (χ0) is 20.3. The smallest absolute Gasteiger partial charge is 0.276 e. The third-order valence-corrected chi connectivity index (χ3v) is 4.65.